The largest absolute Gasteiger partial charge is 0.496 e. The summed E-state index contributed by atoms with van der Waals surface area (Å²) in [7, 11) is -0.225. The van der Waals surface area contributed by atoms with Crippen LogP contribution in [0, 0.1) is 6.92 Å². The van der Waals surface area contributed by atoms with Crippen LogP contribution in [0.1, 0.15) is 37.4 Å². The first kappa shape index (κ1) is 23.5. The molecule has 0 spiro atoms. The maximum Gasteiger partial charge on any atom is 0.261 e. The minimum atomic E-state index is -3.34. The predicted molar refractivity (Wildman–Crippen MR) is 119 cm³/mol. The van der Waals surface area contributed by atoms with Crippen LogP contribution in [-0.2, 0) is 14.8 Å². The number of sulfonamides is 1. The van der Waals surface area contributed by atoms with Crippen molar-refractivity contribution < 1.29 is 22.7 Å². The quantitative estimate of drug-likeness (QED) is 0.654. The van der Waals surface area contributed by atoms with Crippen molar-refractivity contribution >= 4 is 21.6 Å². The monoisotopic (exact) mass is 434 g/mol. The fourth-order valence-electron chi connectivity index (χ4n) is 3.01. The number of benzene rings is 2. The smallest absolute Gasteiger partial charge is 0.261 e. The highest BCUT2D eigenvalue weighted by Gasteiger charge is 2.20. The molecule has 2 aromatic carbocycles. The zero-order valence-corrected chi connectivity index (χ0v) is 19.1. The molecule has 7 nitrogen and oxygen atoms in total. The van der Waals surface area contributed by atoms with Crippen molar-refractivity contribution in [1.82, 2.24) is 5.32 Å². The van der Waals surface area contributed by atoms with Crippen LogP contribution in [0.5, 0.6) is 11.5 Å². The SMILES string of the molecule is CC[C@H](NC(=O)[C@H](C)Oc1ccc(N(C)S(C)(=O)=O)cc1)c1ccc(OC)c(C)c1. The van der Waals surface area contributed by atoms with Crippen molar-refractivity contribution in [2.45, 2.75) is 39.3 Å². The third-order valence-electron chi connectivity index (χ3n) is 4.93. The second kappa shape index (κ2) is 9.84. The zero-order chi connectivity index (χ0) is 22.5. The molecule has 0 aliphatic rings. The lowest BCUT2D eigenvalue weighted by atomic mass is 10.0. The van der Waals surface area contributed by atoms with Crippen LogP contribution in [0.3, 0.4) is 0 Å². The Balaban J connectivity index is 2.03. The molecule has 2 aromatic rings. The normalized spacial score (nSPS) is 13.3. The summed E-state index contributed by atoms with van der Waals surface area (Å²) in [5.74, 6) is 1.06. The number of nitrogens with one attached hydrogen (secondary N) is 1. The number of methoxy groups -OCH3 is 1. The van der Waals surface area contributed by atoms with Gasteiger partial charge in [-0.25, -0.2) is 8.42 Å². The van der Waals surface area contributed by atoms with E-state index in [4.69, 9.17) is 9.47 Å². The minimum Gasteiger partial charge on any atom is -0.496 e. The fraction of sp³-hybridized carbons (Fsp3) is 0.409. The van der Waals surface area contributed by atoms with Crippen molar-refractivity contribution in [3.8, 4) is 11.5 Å². The van der Waals surface area contributed by atoms with Crippen LogP contribution >= 0.6 is 0 Å². The van der Waals surface area contributed by atoms with Gasteiger partial charge in [-0.15, -0.1) is 0 Å². The number of carbonyl (C=O) groups excluding carboxylic acids is 1. The van der Waals surface area contributed by atoms with Gasteiger partial charge in [-0.3, -0.25) is 9.10 Å². The van der Waals surface area contributed by atoms with Gasteiger partial charge >= 0.3 is 0 Å². The molecule has 0 aromatic heterocycles. The number of amides is 1. The Bertz CT molecular complexity index is 974. The van der Waals surface area contributed by atoms with E-state index < -0.39 is 16.1 Å². The van der Waals surface area contributed by atoms with Crippen molar-refractivity contribution in [3.05, 3.63) is 53.6 Å². The Morgan fingerprint density at radius 2 is 1.80 bits per heavy atom. The first-order chi connectivity index (χ1) is 14.1. The molecule has 8 heteroatoms. The van der Waals surface area contributed by atoms with Crippen molar-refractivity contribution in [2.24, 2.45) is 0 Å². The van der Waals surface area contributed by atoms with E-state index in [9.17, 15) is 13.2 Å². The molecular weight excluding hydrogens is 404 g/mol. The molecule has 0 unspecified atom stereocenters. The molecule has 0 aliphatic carbocycles. The number of aryl methyl sites for hydroxylation is 1. The number of hydrogen-bond donors (Lipinski definition) is 1. The summed E-state index contributed by atoms with van der Waals surface area (Å²) in [5.41, 5.74) is 2.53. The Morgan fingerprint density at radius 3 is 2.30 bits per heavy atom. The van der Waals surface area contributed by atoms with Crippen LogP contribution in [0.4, 0.5) is 5.69 Å². The number of anilines is 1. The number of nitrogens with zero attached hydrogens (tertiary/aromatic N) is 1. The molecule has 0 fully saturated rings. The Hall–Kier alpha value is -2.74. The van der Waals surface area contributed by atoms with Gasteiger partial charge in [-0.2, -0.15) is 0 Å². The maximum atomic E-state index is 12.7. The standard InChI is InChI=1S/C22H30N2O5S/c1-7-20(17-8-13-21(28-5)15(2)14-17)23-22(25)16(3)29-19-11-9-18(10-12-19)24(4)30(6,26)27/h8-14,16,20H,7H2,1-6H3,(H,23,25)/t16-,20-/m0/s1. The molecule has 30 heavy (non-hydrogen) atoms. The molecule has 0 saturated heterocycles. The van der Waals surface area contributed by atoms with Crippen molar-refractivity contribution in [2.75, 3.05) is 24.7 Å². The highest BCUT2D eigenvalue weighted by molar-refractivity contribution is 7.92. The maximum absolute atomic E-state index is 12.7. The van der Waals surface area contributed by atoms with E-state index >= 15 is 0 Å². The van der Waals surface area contributed by atoms with Crippen LogP contribution < -0.4 is 19.1 Å². The van der Waals surface area contributed by atoms with Gasteiger partial charge in [0, 0.05) is 7.05 Å². The Kier molecular flexibility index (Phi) is 7.72. The highest BCUT2D eigenvalue weighted by Crippen LogP contribution is 2.25. The van der Waals surface area contributed by atoms with Crippen LogP contribution in [-0.4, -0.2) is 40.8 Å². The molecule has 0 heterocycles. The van der Waals surface area contributed by atoms with E-state index in [-0.39, 0.29) is 11.9 Å². The average Bonchev–Trinajstić information content (AvgIpc) is 2.71. The van der Waals surface area contributed by atoms with Crippen molar-refractivity contribution in [3.63, 3.8) is 0 Å². The third kappa shape index (κ3) is 5.89. The lowest BCUT2D eigenvalue weighted by molar-refractivity contribution is -0.128. The summed E-state index contributed by atoms with van der Waals surface area (Å²) in [6, 6.07) is 12.3. The van der Waals surface area contributed by atoms with Gasteiger partial charge in [0.05, 0.1) is 25.1 Å². The molecule has 2 rings (SSSR count). The van der Waals surface area contributed by atoms with E-state index in [1.807, 2.05) is 32.0 Å². The minimum absolute atomic E-state index is 0.140. The second-order valence-electron chi connectivity index (χ2n) is 7.18. The lowest BCUT2D eigenvalue weighted by Crippen LogP contribution is -2.38. The van der Waals surface area contributed by atoms with Crippen LogP contribution in [0.25, 0.3) is 0 Å². The molecule has 0 radical (unpaired) electrons. The van der Waals surface area contributed by atoms with Gasteiger partial charge in [0.15, 0.2) is 6.10 Å². The molecule has 0 aliphatic heterocycles. The van der Waals surface area contributed by atoms with Gasteiger partial charge < -0.3 is 14.8 Å². The van der Waals surface area contributed by atoms with Crippen molar-refractivity contribution in [1.29, 1.82) is 0 Å². The number of ether oxygens (including phenoxy) is 2. The van der Waals surface area contributed by atoms with Gasteiger partial charge in [0.2, 0.25) is 10.0 Å². The summed E-state index contributed by atoms with van der Waals surface area (Å²) in [6.45, 7) is 5.65. The molecular formula is C22H30N2O5S. The second-order valence-corrected chi connectivity index (χ2v) is 9.20. The topological polar surface area (TPSA) is 84.9 Å². The first-order valence-corrected chi connectivity index (χ1v) is 11.6. The number of hydrogen-bond acceptors (Lipinski definition) is 5. The summed E-state index contributed by atoms with van der Waals surface area (Å²) in [6.07, 6.45) is 1.16. The van der Waals surface area contributed by atoms with E-state index in [2.05, 4.69) is 5.32 Å². The molecule has 164 valence electrons. The lowest BCUT2D eigenvalue weighted by Gasteiger charge is -2.22. The van der Waals surface area contributed by atoms with E-state index in [1.165, 1.54) is 11.4 Å². The van der Waals surface area contributed by atoms with Gasteiger partial charge in [-0.05, 0) is 61.7 Å². The van der Waals surface area contributed by atoms with Gasteiger partial charge in [0.1, 0.15) is 11.5 Å². The number of carbonyl (C=O) groups is 1. The summed E-state index contributed by atoms with van der Waals surface area (Å²) >= 11 is 0. The zero-order valence-electron chi connectivity index (χ0n) is 18.3. The van der Waals surface area contributed by atoms with E-state index in [0.717, 1.165) is 29.6 Å². The first-order valence-electron chi connectivity index (χ1n) is 9.72. The summed E-state index contributed by atoms with van der Waals surface area (Å²) < 4.78 is 35.5. The van der Waals surface area contributed by atoms with Gasteiger partial charge in [-0.1, -0.05) is 19.1 Å². The summed E-state index contributed by atoms with van der Waals surface area (Å²) in [5, 5.41) is 3.02. The average molecular weight is 435 g/mol. The van der Waals surface area contributed by atoms with Gasteiger partial charge in [0.25, 0.3) is 5.91 Å². The fourth-order valence-corrected chi connectivity index (χ4v) is 3.52. The molecule has 2 atom stereocenters. The Labute approximate surface area is 179 Å². The molecule has 1 amide bonds. The van der Waals surface area contributed by atoms with E-state index in [1.54, 1.807) is 38.3 Å². The summed E-state index contributed by atoms with van der Waals surface area (Å²) in [4.78, 5) is 12.7. The number of rotatable bonds is 9. The predicted octanol–water partition coefficient (Wildman–Crippen LogP) is 3.43. The Morgan fingerprint density at radius 1 is 1.17 bits per heavy atom. The van der Waals surface area contributed by atoms with Crippen LogP contribution in [0.2, 0.25) is 0 Å². The highest BCUT2D eigenvalue weighted by atomic mass is 32.2. The molecule has 0 bridgehead atoms. The molecule has 1 N–H and O–H groups in total. The van der Waals surface area contributed by atoms with E-state index in [0.29, 0.717) is 11.4 Å². The third-order valence-corrected chi connectivity index (χ3v) is 6.13. The molecule has 0 saturated carbocycles. The van der Waals surface area contributed by atoms with Crippen LogP contribution in [0.15, 0.2) is 42.5 Å².